The maximum absolute atomic E-state index is 11.4. The second-order valence-corrected chi connectivity index (χ2v) is 3.52. The third-order valence-corrected chi connectivity index (χ3v) is 2.44. The van der Waals surface area contributed by atoms with E-state index in [0.717, 1.165) is 12.8 Å². The lowest BCUT2D eigenvalue weighted by Crippen LogP contribution is -2.44. The number of hydrogen-bond acceptors (Lipinski definition) is 3. The number of carboxylic acid groups (broad SMARTS) is 1. The number of carbonyl (C=O) groups excluding carboxylic acids is 1. The Morgan fingerprint density at radius 2 is 2.15 bits per heavy atom. The summed E-state index contributed by atoms with van der Waals surface area (Å²) in [7, 11) is 0. The Bertz CT molecular complexity index is 236. The molecule has 0 aliphatic heterocycles. The Labute approximate surface area is 76.3 Å². The average Bonchev–Trinajstić information content (AvgIpc) is 2.84. The van der Waals surface area contributed by atoms with Crippen molar-refractivity contribution in [3.63, 3.8) is 0 Å². The monoisotopic (exact) mass is 186 g/mol. The number of carbonyl (C=O) groups is 2. The molecular formula is C8H14N2O3. The molecular weight excluding hydrogens is 172 g/mol. The first-order valence-electron chi connectivity index (χ1n) is 4.26. The fourth-order valence-electron chi connectivity index (χ4n) is 1.09. The van der Waals surface area contributed by atoms with E-state index in [4.69, 9.17) is 10.8 Å². The molecule has 5 heteroatoms. The summed E-state index contributed by atoms with van der Waals surface area (Å²) in [5, 5.41) is 11.0. The van der Waals surface area contributed by atoms with E-state index in [1.807, 2.05) is 0 Å². The van der Waals surface area contributed by atoms with Crippen LogP contribution in [0.4, 0.5) is 0 Å². The molecule has 0 saturated heterocycles. The van der Waals surface area contributed by atoms with Crippen LogP contribution < -0.4 is 11.1 Å². The van der Waals surface area contributed by atoms with Gasteiger partial charge in [0.2, 0.25) is 5.91 Å². The fourth-order valence-corrected chi connectivity index (χ4v) is 1.09. The molecule has 4 N–H and O–H groups in total. The quantitative estimate of drug-likeness (QED) is 0.542. The molecule has 0 bridgehead atoms. The van der Waals surface area contributed by atoms with Crippen LogP contribution in [0.3, 0.4) is 0 Å². The molecule has 1 saturated carbocycles. The maximum atomic E-state index is 11.4. The lowest BCUT2D eigenvalue weighted by molar-refractivity contribution is -0.142. The molecule has 5 nitrogen and oxygen atoms in total. The first-order chi connectivity index (χ1) is 6.02. The predicted molar refractivity (Wildman–Crippen MR) is 46.0 cm³/mol. The number of amides is 1. The van der Waals surface area contributed by atoms with Crippen LogP contribution in [-0.4, -0.2) is 29.6 Å². The molecule has 1 aliphatic rings. The molecule has 1 rings (SSSR count). The Kier molecular flexibility index (Phi) is 2.56. The highest BCUT2D eigenvalue weighted by Gasteiger charge is 2.48. The Morgan fingerprint density at radius 3 is 2.46 bits per heavy atom. The van der Waals surface area contributed by atoms with Crippen molar-refractivity contribution in [2.24, 2.45) is 11.1 Å². The number of carboxylic acids is 1. The van der Waals surface area contributed by atoms with E-state index in [1.165, 1.54) is 6.92 Å². The minimum absolute atomic E-state index is 0.232. The molecule has 1 amide bonds. The molecule has 13 heavy (non-hydrogen) atoms. The Hall–Kier alpha value is -1.10. The number of nitrogens with one attached hydrogen (secondary N) is 1. The van der Waals surface area contributed by atoms with Crippen LogP contribution in [0.15, 0.2) is 0 Å². The van der Waals surface area contributed by atoms with Gasteiger partial charge >= 0.3 is 5.97 Å². The van der Waals surface area contributed by atoms with E-state index < -0.39 is 17.4 Å². The van der Waals surface area contributed by atoms with Crippen LogP contribution in [0, 0.1) is 5.41 Å². The van der Waals surface area contributed by atoms with E-state index in [9.17, 15) is 9.59 Å². The van der Waals surface area contributed by atoms with Crippen molar-refractivity contribution in [2.75, 3.05) is 6.54 Å². The van der Waals surface area contributed by atoms with Crippen LogP contribution in [0.1, 0.15) is 19.8 Å². The van der Waals surface area contributed by atoms with E-state index >= 15 is 0 Å². The standard InChI is InChI=1S/C8H14N2O3/c1-5(6(11)12)10-7(13)8(4-9)2-3-8/h5H,2-4,9H2,1H3,(H,10,13)(H,11,12)/t5-/m1/s1. The third kappa shape index (κ3) is 1.98. The molecule has 0 heterocycles. The van der Waals surface area contributed by atoms with Crippen LogP contribution in [0.5, 0.6) is 0 Å². The van der Waals surface area contributed by atoms with Crippen LogP contribution in [-0.2, 0) is 9.59 Å². The van der Waals surface area contributed by atoms with Gasteiger partial charge in [0.25, 0.3) is 0 Å². The van der Waals surface area contributed by atoms with Gasteiger partial charge in [0, 0.05) is 6.54 Å². The highest BCUT2D eigenvalue weighted by atomic mass is 16.4. The summed E-state index contributed by atoms with van der Waals surface area (Å²) in [5.41, 5.74) is 4.94. The van der Waals surface area contributed by atoms with Gasteiger partial charge in [0.05, 0.1) is 5.41 Å². The summed E-state index contributed by atoms with van der Waals surface area (Å²) in [4.78, 5) is 21.8. The molecule has 0 unspecified atom stereocenters. The first kappa shape index (κ1) is 9.98. The molecule has 1 atom stereocenters. The third-order valence-electron chi connectivity index (χ3n) is 2.44. The average molecular weight is 186 g/mol. The number of nitrogens with two attached hydrogens (primary N) is 1. The van der Waals surface area contributed by atoms with Crippen LogP contribution in [0.2, 0.25) is 0 Å². The Balaban J connectivity index is 2.46. The van der Waals surface area contributed by atoms with Gasteiger partial charge in [0.15, 0.2) is 0 Å². The van der Waals surface area contributed by atoms with Crippen molar-refractivity contribution >= 4 is 11.9 Å². The molecule has 0 aromatic carbocycles. The molecule has 0 aromatic rings. The number of aliphatic carboxylic acids is 1. The minimum atomic E-state index is -1.03. The highest BCUT2D eigenvalue weighted by molar-refractivity contribution is 5.89. The summed E-state index contributed by atoms with van der Waals surface area (Å²) >= 11 is 0. The summed E-state index contributed by atoms with van der Waals surface area (Å²) in [6.45, 7) is 1.73. The second kappa shape index (κ2) is 3.33. The van der Waals surface area contributed by atoms with E-state index in [-0.39, 0.29) is 5.91 Å². The Morgan fingerprint density at radius 1 is 1.62 bits per heavy atom. The number of hydrogen-bond donors (Lipinski definition) is 3. The minimum Gasteiger partial charge on any atom is -0.480 e. The van der Waals surface area contributed by atoms with Crippen molar-refractivity contribution in [2.45, 2.75) is 25.8 Å². The molecule has 0 radical (unpaired) electrons. The smallest absolute Gasteiger partial charge is 0.325 e. The second-order valence-electron chi connectivity index (χ2n) is 3.52. The maximum Gasteiger partial charge on any atom is 0.325 e. The number of rotatable bonds is 4. The molecule has 74 valence electrons. The zero-order valence-electron chi connectivity index (χ0n) is 7.54. The van der Waals surface area contributed by atoms with Crippen molar-refractivity contribution in [1.29, 1.82) is 0 Å². The van der Waals surface area contributed by atoms with Crippen LogP contribution in [0.25, 0.3) is 0 Å². The van der Waals surface area contributed by atoms with E-state index in [2.05, 4.69) is 5.32 Å². The van der Waals surface area contributed by atoms with Gasteiger partial charge in [-0.3, -0.25) is 9.59 Å². The van der Waals surface area contributed by atoms with Crippen molar-refractivity contribution in [1.82, 2.24) is 5.32 Å². The van der Waals surface area contributed by atoms with Crippen molar-refractivity contribution < 1.29 is 14.7 Å². The molecule has 0 spiro atoms. The fraction of sp³-hybridized carbons (Fsp3) is 0.750. The van der Waals surface area contributed by atoms with Gasteiger partial charge < -0.3 is 16.2 Å². The van der Waals surface area contributed by atoms with Gasteiger partial charge in [-0.05, 0) is 19.8 Å². The summed E-state index contributed by atoms with van der Waals surface area (Å²) in [6.07, 6.45) is 1.53. The topological polar surface area (TPSA) is 92.4 Å². The normalized spacial score (nSPS) is 20.5. The van der Waals surface area contributed by atoms with E-state index in [0.29, 0.717) is 6.54 Å². The van der Waals surface area contributed by atoms with Gasteiger partial charge in [-0.25, -0.2) is 0 Å². The van der Waals surface area contributed by atoms with Gasteiger partial charge in [-0.2, -0.15) is 0 Å². The van der Waals surface area contributed by atoms with Gasteiger partial charge in [-0.15, -0.1) is 0 Å². The lowest BCUT2D eigenvalue weighted by atomic mass is 10.1. The zero-order valence-corrected chi connectivity index (χ0v) is 7.54. The zero-order chi connectivity index (χ0) is 10.1. The molecule has 1 fully saturated rings. The summed E-state index contributed by atoms with van der Waals surface area (Å²) in [5.74, 6) is -1.26. The molecule has 0 aromatic heterocycles. The van der Waals surface area contributed by atoms with Gasteiger partial charge in [-0.1, -0.05) is 0 Å². The van der Waals surface area contributed by atoms with Crippen LogP contribution >= 0.6 is 0 Å². The first-order valence-corrected chi connectivity index (χ1v) is 4.26. The van der Waals surface area contributed by atoms with E-state index in [1.54, 1.807) is 0 Å². The highest BCUT2D eigenvalue weighted by Crippen LogP contribution is 2.44. The SMILES string of the molecule is C[C@@H](NC(=O)C1(CN)CC1)C(=O)O. The molecule has 1 aliphatic carbocycles. The summed E-state index contributed by atoms with van der Waals surface area (Å²) in [6, 6.07) is -0.837. The predicted octanol–water partition coefficient (Wildman–Crippen LogP) is -0.685. The van der Waals surface area contributed by atoms with Crippen molar-refractivity contribution in [3.05, 3.63) is 0 Å². The van der Waals surface area contributed by atoms with Crippen molar-refractivity contribution in [3.8, 4) is 0 Å². The lowest BCUT2D eigenvalue weighted by Gasteiger charge is -2.15. The summed E-state index contributed by atoms with van der Waals surface area (Å²) < 4.78 is 0. The largest absolute Gasteiger partial charge is 0.480 e. The van der Waals surface area contributed by atoms with Gasteiger partial charge in [0.1, 0.15) is 6.04 Å².